The third-order valence-corrected chi connectivity index (χ3v) is 4.70. The predicted octanol–water partition coefficient (Wildman–Crippen LogP) is 0.371. The molecule has 0 atom stereocenters. The van der Waals surface area contributed by atoms with E-state index >= 15 is 0 Å². The van der Waals surface area contributed by atoms with Crippen LogP contribution in [0.2, 0.25) is 0 Å². The zero-order valence-corrected chi connectivity index (χ0v) is 11.2. The van der Waals surface area contributed by atoms with Crippen molar-refractivity contribution in [1.29, 1.82) is 0 Å². The van der Waals surface area contributed by atoms with Gasteiger partial charge >= 0.3 is 6.09 Å². The second-order valence-corrected chi connectivity index (χ2v) is 6.38. The number of hydrogen-bond donors (Lipinski definition) is 1. The Morgan fingerprint density at radius 1 is 1.26 bits per heavy atom. The van der Waals surface area contributed by atoms with E-state index in [9.17, 15) is 13.2 Å². The molecule has 19 heavy (non-hydrogen) atoms. The highest BCUT2D eigenvalue weighted by molar-refractivity contribution is 7.91. The first-order valence-corrected chi connectivity index (χ1v) is 7.61. The van der Waals surface area contributed by atoms with Gasteiger partial charge in [-0.05, 0) is 17.7 Å². The summed E-state index contributed by atoms with van der Waals surface area (Å²) in [5.74, 6) is -0.107. The SMILES string of the molecule is NCc1ccc(S(=O)(=O)CCN2CCOC2=O)cc1. The molecule has 1 heterocycles. The van der Waals surface area contributed by atoms with Crippen LogP contribution in [0.3, 0.4) is 0 Å². The van der Waals surface area contributed by atoms with E-state index in [0.29, 0.717) is 19.7 Å². The Bertz CT molecular complexity index is 554. The fraction of sp³-hybridized carbons (Fsp3) is 0.417. The van der Waals surface area contributed by atoms with Crippen LogP contribution in [0.4, 0.5) is 4.79 Å². The minimum Gasteiger partial charge on any atom is -0.448 e. The number of cyclic esters (lactones) is 1. The minimum atomic E-state index is -3.39. The number of carbonyl (C=O) groups is 1. The molecule has 1 fully saturated rings. The van der Waals surface area contributed by atoms with Gasteiger partial charge in [-0.25, -0.2) is 13.2 Å². The van der Waals surface area contributed by atoms with E-state index in [0.717, 1.165) is 5.56 Å². The van der Waals surface area contributed by atoms with Crippen LogP contribution >= 0.6 is 0 Å². The molecule has 0 aliphatic carbocycles. The normalized spacial score (nSPS) is 15.6. The van der Waals surface area contributed by atoms with Crippen molar-refractivity contribution in [2.24, 2.45) is 5.73 Å². The maximum Gasteiger partial charge on any atom is 0.409 e. The molecule has 1 saturated heterocycles. The second-order valence-electron chi connectivity index (χ2n) is 4.27. The largest absolute Gasteiger partial charge is 0.448 e. The van der Waals surface area contributed by atoms with Crippen LogP contribution in [0.5, 0.6) is 0 Å². The standard InChI is InChI=1S/C12H16N2O4S/c13-9-10-1-3-11(4-2-10)19(16,17)8-6-14-5-7-18-12(14)15/h1-4H,5-9,13H2. The van der Waals surface area contributed by atoms with Gasteiger partial charge in [0, 0.05) is 13.1 Å². The molecule has 0 unspecified atom stereocenters. The van der Waals surface area contributed by atoms with Gasteiger partial charge in [0.2, 0.25) is 0 Å². The van der Waals surface area contributed by atoms with E-state index in [4.69, 9.17) is 10.5 Å². The summed E-state index contributed by atoms with van der Waals surface area (Å²) in [6.45, 7) is 1.30. The Hall–Kier alpha value is -1.60. The molecule has 1 amide bonds. The van der Waals surface area contributed by atoms with Gasteiger partial charge in [-0.2, -0.15) is 0 Å². The predicted molar refractivity (Wildman–Crippen MR) is 69.3 cm³/mol. The number of hydrogen-bond acceptors (Lipinski definition) is 5. The topological polar surface area (TPSA) is 89.7 Å². The number of ether oxygens (including phenoxy) is 1. The van der Waals surface area contributed by atoms with Gasteiger partial charge in [-0.15, -0.1) is 0 Å². The lowest BCUT2D eigenvalue weighted by Gasteiger charge is -2.12. The molecule has 2 N–H and O–H groups in total. The summed E-state index contributed by atoms with van der Waals surface area (Å²) in [5.41, 5.74) is 6.34. The Labute approximate surface area is 112 Å². The zero-order chi connectivity index (χ0) is 13.9. The van der Waals surface area contributed by atoms with E-state index in [1.54, 1.807) is 24.3 Å². The van der Waals surface area contributed by atoms with Crippen LogP contribution in [0, 0.1) is 0 Å². The summed E-state index contributed by atoms with van der Waals surface area (Å²) in [5, 5.41) is 0. The molecular formula is C12H16N2O4S. The van der Waals surface area contributed by atoms with Gasteiger partial charge in [0.25, 0.3) is 0 Å². The average molecular weight is 284 g/mol. The molecular weight excluding hydrogens is 268 g/mol. The molecule has 1 aliphatic rings. The number of sulfone groups is 1. The lowest BCUT2D eigenvalue weighted by atomic mass is 10.2. The van der Waals surface area contributed by atoms with Crippen molar-refractivity contribution in [2.45, 2.75) is 11.4 Å². The molecule has 104 valence electrons. The van der Waals surface area contributed by atoms with Gasteiger partial charge < -0.3 is 15.4 Å². The average Bonchev–Trinajstić information content (AvgIpc) is 2.82. The van der Waals surface area contributed by atoms with E-state index in [2.05, 4.69) is 0 Å². The van der Waals surface area contributed by atoms with Gasteiger partial charge in [0.05, 0.1) is 17.2 Å². The molecule has 1 aromatic rings. The van der Waals surface area contributed by atoms with Crippen LogP contribution < -0.4 is 5.73 Å². The van der Waals surface area contributed by atoms with Crippen molar-refractivity contribution < 1.29 is 17.9 Å². The van der Waals surface area contributed by atoms with E-state index in [1.165, 1.54) is 4.90 Å². The number of amides is 1. The van der Waals surface area contributed by atoms with Crippen LogP contribution in [0.25, 0.3) is 0 Å². The highest BCUT2D eigenvalue weighted by Crippen LogP contribution is 2.13. The summed E-state index contributed by atoms with van der Waals surface area (Å²) in [6.07, 6.45) is -0.450. The summed E-state index contributed by atoms with van der Waals surface area (Å²) in [6, 6.07) is 6.47. The van der Waals surface area contributed by atoms with Gasteiger partial charge in [0.15, 0.2) is 9.84 Å². The van der Waals surface area contributed by atoms with Crippen molar-refractivity contribution in [1.82, 2.24) is 4.90 Å². The number of nitrogens with two attached hydrogens (primary N) is 1. The van der Waals surface area contributed by atoms with Crippen molar-refractivity contribution >= 4 is 15.9 Å². The van der Waals surface area contributed by atoms with E-state index in [1.807, 2.05) is 0 Å². The molecule has 7 heteroatoms. The number of benzene rings is 1. The first-order valence-electron chi connectivity index (χ1n) is 5.96. The molecule has 0 saturated carbocycles. The maximum absolute atomic E-state index is 12.1. The second kappa shape index (κ2) is 5.58. The van der Waals surface area contributed by atoms with E-state index < -0.39 is 15.9 Å². The molecule has 6 nitrogen and oxygen atoms in total. The lowest BCUT2D eigenvalue weighted by molar-refractivity contribution is 0.160. The molecule has 0 aromatic heterocycles. The Morgan fingerprint density at radius 2 is 1.95 bits per heavy atom. The van der Waals surface area contributed by atoms with Crippen molar-refractivity contribution in [2.75, 3.05) is 25.4 Å². The van der Waals surface area contributed by atoms with Crippen LogP contribution in [-0.2, 0) is 21.1 Å². The van der Waals surface area contributed by atoms with Crippen LogP contribution in [0.15, 0.2) is 29.2 Å². The van der Waals surface area contributed by atoms with Gasteiger partial charge in [0.1, 0.15) is 6.61 Å². The Balaban J connectivity index is 2.02. The van der Waals surface area contributed by atoms with Crippen LogP contribution in [-0.4, -0.2) is 44.9 Å². The van der Waals surface area contributed by atoms with E-state index in [-0.39, 0.29) is 17.2 Å². The number of carbonyl (C=O) groups excluding carboxylic acids is 1. The summed E-state index contributed by atoms with van der Waals surface area (Å²) < 4.78 is 28.9. The lowest BCUT2D eigenvalue weighted by Crippen LogP contribution is -2.30. The van der Waals surface area contributed by atoms with Gasteiger partial charge in [-0.3, -0.25) is 0 Å². The smallest absolute Gasteiger partial charge is 0.409 e. The third-order valence-electron chi connectivity index (χ3n) is 2.99. The first kappa shape index (κ1) is 13.8. The number of nitrogens with zero attached hydrogens (tertiary/aromatic N) is 1. The number of rotatable bonds is 5. The monoisotopic (exact) mass is 284 g/mol. The Kier molecular flexibility index (Phi) is 4.06. The first-order chi connectivity index (χ1) is 9.03. The fourth-order valence-electron chi connectivity index (χ4n) is 1.81. The van der Waals surface area contributed by atoms with Crippen molar-refractivity contribution in [3.63, 3.8) is 0 Å². The summed E-state index contributed by atoms with van der Waals surface area (Å²) >= 11 is 0. The summed E-state index contributed by atoms with van der Waals surface area (Å²) in [7, 11) is -3.39. The van der Waals surface area contributed by atoms with Gasteiger partial charge in [-0.1, -0.05) is 12.1 Å². The summed E-state index contributed by atoms with van der Waals surface area (Å²) in [4.78, 5) is 12.8. The fourth-order valence-corrected chi connectivity index (χ4v) is 3.06. The quantitative estimate of drug-likeness (QED) is 0.843. The third kappa shape index (κ3) is 3.24. The van der Waals surface area contributed by atoms with Crippen molar-refractivity contribution in [3.8, 4) is 0 Å². The zero-order valence-electron chi connectivity index (χ0n) is 10.4. The molecule has 1 aromatic carbocycles. The Morgan fingerprint density at radius 3 is 2.47 bits per heavy atom. The molecule has 0 radical (unpaired) electrons. The highest BCUT2D eigenvalue weighted by atomic mass is 32.2. The minimum absolute atomic E-state index is 0.107. The molecule has 0 bridgehead atoms. The molecule has 2 rings (SSSR count). The van der Waals surface area contributed by atoms with Crippen molar-refractivity contribution in [3.05, 3.63) is 29.8 Å². The molecule has 1 aliphatic heterocycles. The van der Waals surface area contributed by atoms with Crippen LogP contribution in [0.1, 0.15) is 5.56 Å². The molecule has 0 spiro atoms. The maximum atomic E-state index is 12.1. The highest BCUT2D eigenvalue weighted by Gasteiger charge is 2.24.